The van der Waals surface area contributed by atoms with Crippen molar-refractivity contribution in [1.29, 1.82) is 0 Å². The number of anilines is 2. The number of carbonyl (C=O) groups excluding carboxylic acids is 1. The monoisotopic (exact) mass is 534 g/mol. The van der Waals surface area contributed by atoms with Gasteiger partial charge in [0.25, 0.3) is 0 Å². The summed E-state index contributed by atoms with van der Waals surface area (Å²) in [6.45, 7) is 16.4. The Morgan fingerprint density at radius 2 is 1.74 bits per heavy atom. The summed E-state index contributed by atoms with van der Waals surface area (Å²) in [6.07, 6.45) is 7.11. The fourth-order valence-corrected chi connectivity index (χ4v) is 5.04. The number of hydrogen-bond acceptors (Lipinski definition) is 7. The fraction of sp³-hybridized carbons (Fsp3) is 0.500. The number of aromatic nitrogens is 3. The molecule has 210 valence electrons. The van der Waals surface area contributed by atoms with Gasteiger partial charge in [-0.3, -0.25) is 9.69 Å². The Morgan fingerprint density at radius 3 is 2.44 bits per heavy atom. The van der Waals surface area contributed by atoms with Crippen molar-refractivity contribution in [2.24, 2.45) is 5.41 Å². The first-order valence-corrected chi connectivity index (χ1v) is 13.5. The second-order valence-corrected chi connectivity index (χ2v) is 11.4. The van der Waals surface area contributed by atoms with E-state index in [9.17, 15) is 4.79 Å². The minimum absolute atomic E-state index is 0.235. The molecule has 4 rings (SSSR count). The van der Waals surface area contributed by atoms with Crippen LogP contribution >= 0.6 is 0 Å². The van der Waals surface area contributed by atoms with E-state index in [-0.39, 0.29) is 11.3 Å². The van der Waals surface area contributed by atoms with Gasteiger partial charge in [-0.25, -0.2) is 4.98 Å². The van der Waals surface area contributed by atoms with E-state index >= 15 is 0 Å². The lowest BCUT2D eigenvalue weighted by molar-refractivity contribution is -0.139. The largest absolute Gasteiger partial charge is 0.493 e. The second kappa shape index (κ2) is 11.7. The van der Waals surface area contributed by atoms with Crippen LogP contribution in [0.5, 0.6) is 11.5 Å². The molecule has 0 aliphatic carbocycles. The summed E-state index contributed by atoms with van der Waals surface area (Å²) in [6, 6.07) is 3.86. The van der Waals surface area contributed by atoms with Crippen LogP contribution in [-0.2, 0) is 11.3 Å². The topological polar surface area (TPSA) is 84.8 Å². The maximum Gasteiger partial charge on any atom is 0.229 e. The number of ether oxygens (including phenoxy) is 2. The highest BCUT2D eigenvalue weighted by Crippen LogP contribution is 2.34. The Morgan fingerprint density at radius 1 is 0.974 bits per heavy atom. The van der Waals surface area contributed by atoms with Crippen LogP contribution in [0.25, 0.3) is 5.82 Å². The number of rotatable bonds is 7. The van der Waals surface area contributed by atoms with Crippen LogP contribution in [0.2, 0.25) is 0 Å². The number of nitrogens with zero attached hydrogens (tertiary/aromatic N) is 5. The summed E-state index contributed by atoms with van der Waals surface area (Å²) < 4.78 is 13.0. The van der Waals surface area contributed by atoms with Gasteiger partial charge >= 0.3 is 0 Å². The zero-order valence-corrected chi connectivity index (χ0v) is 24.6. The van der Waals surface area contributed by atoms with Gasteiger partial charge in [0.1, 0.15) is 5.82 Å². The van der Waals surface area contributed by atoms with Crippen LogP contribution in [-0.4, -0.2) is 70.6 Å². The van der Waals surface area contributed by atoms with Gasteiger partial charge in [0, 0.05) is 74.0 Å². The predicted molar refractivity (Wildman–Crippen MR) is 154 cm³/mol. The van der Waals surface area contributed by atoms with E-state index in [4.69, 9.17) is 14.5 Å². The molecule has 9 heteroatoms. The molecule has 9 nitrogen and oxygen atoms in total. The van der Waals surface area contributed by atoms with Crippen molar-refractivity contribution in [3.05, 3.63) is 53.0 Å². The van der Waals surface area contributed by atoms with Crippen molar-refractivity contribution in [2.45, 2.75) is 54.5 Å². The predicted octanol–water partition coefficient (Wildman–Crippen LogP) is 5.03. The highest BCUT2D eigenvalue weighted by Gasteiger charge is 2.28. The van der Waals surface area contributed by atoms with Crippen LogP contribution in [0.1, 0.15) is 49.4 Å². The summed E-state index contributed by atoms with van der Waals surface area (Å²) in [4.78, 5) is 26.6. The lowest BCUT2D eigenvalue weighted by Crippen LogP contribution is -2.41. The van der Waals surface area contributed by atoms with Gasteiger partial charge < -0.3 is 24.3 Å². The Balaban J connectivity index is 1.50. The van der Waals surface area contributed by atoms with Crippen molar-refractivity contribution in [2.75, 3.05) is 45.7 Å². The molecule has 0 atom stereocenters. The zero-order valence-electron chi connectivity index (χ0n) is 24.6. The number of hydrogen-bond donors (Lipinski definition) is 1. The molecule has 1 aliphatic rings. The van der Waals surface area contributed by atoms with Crippen molar-refractivity contribution >= 4 is 17.5 Å². The van der Waals surface area contributed by atoms with Crippen molar-refractivity contribution in [3.8, 4) is 17.3 Å². The van der Waals surface area contributed by atoms with Crippen LogP contribution in [0, 0.1) is 26.2 Å². The normalized spacial score (nSPS) is 14.7. The number of amides is 1. The molecule has 1 amide bonds. The summed E-state index contributed by atoms with van der Waals surface area (Å²) in [7, 11) is 3.26. The third kappa shape index (κ3) is 6.53. The number of carbonyl (C=O) groups is 1. The third-order valence-electron chi connectivity index (χ3n) is 7.16. The van der Waals surface area contributed by atoms with E-state index in [0.29, 0.717) is 17.4 Å². The molecule has 1 N–H and O–H groups in total. The number of nitrogens with one attached hydrogen (secondary N) is 1. The van der Waals surface area contributed by atoms with Crippen LogP contribution in [0.15, 0.2) is 30.7 Å². The molecule has 1 saturated heterocycles. The molecule has 0 saturated carbocycles. The summed E-state index contributed by atoms with van der Waals surface area (Å²) in [5.74, 6) is 2.93. The molecule has 0 radical (unpaired) electrons. The molecule has 1 fully saturated rings. The first kappa shape index (κ1) is 28.4. The molecule has 3 aromatic rings. The van der Waals surface area contributed by atoms with Gasteiger partial charge in [0.2, 0.25) is 11.9 Å². The molecular weight excluding hydrogens is 492 g/mol. The third-order valence-corrected chi connectivity index (χ3v) is 7.16. The van der Waals surface area contributed by atoms with Crippen LogP contribution < -0.4 is 14.8 Å². The van der Waals surface area contributed by atoms with E-state index in [0.717, 1.165) is 61.8 Å². The lowest BCUT2D eigenvalue weighted by Gasteiger charge is -2.28. The summed E-state index contributed by atoms with van der Waals surface area (Å²) in [5.41, 5.74) is 4.89. The van der Waals surface area contributed by atoms with E-state index in [2.05, 4.69) is 39.1 Å². The first-order valence-electron chi connectivity index (χ1n) is 13.5. The smallest absolute Gasteiger partial charge is 0.229 e. The van der Waals surface area contributed by atoms with Crippen molar-refractivity contribution < 1.29 is 14.3 Å². The van der Waals surface area contributed by atoms with E-state index < -0.39 is 0 Å². The highest BCUT2D eigenvalue weighted by atomic mass is 16.5. The Kier molecular flexibility index (Phi) is 8.49. The van der Waals surface area contributed by atoms with Crippen LogP contribution in [0.3, 0.4) is 0 Å². The summed E-state index contributed by atoms with van der Waals surface area (Å²) in [5, 5.41) is 3.31. The van der Waals surface area contributed by atoms with E-state index in [1.165, 1.54) is 11.1 Å². The first-order chi connectivity index (χ1) is 18.5. The molecule has 0 unspecified atom stereocenters. The molecule has 3 heterocycles. The lowest BCUT2D eigenvalue weighted by atomic mass is 9.94. The maximum atomic E-state index is 12.8. The Labute approximate surface area is 232 Å². The Hall–Kier alpha value is -3.59. The number of benzene rings is 1. The summed E-state index contributed by atoms with van der Waals surface area (Å²) >= 11 is 0. The number of aryl methyl sites for hydroxylation is 3. The molecule has 39 heavy (non-hydrogen) atoms. The van der Waals surface area contributed by atoms with Gasteiger partial charge in [-0.2, -0.15) is 4.98 Å². The van der Waals surface area contributed by atoms with Crippen LogP contribution in [0.4, 0.5) is 11.6 Å². The maximum absolute atomic E-state index is 12.8. The van der Waals surface area contributed by atoms with E-state index in [1.807, 2.05) is 57.8 Å². The zero-order chi connectivity index (χ0) is 28.3. The van der Waals surface area contributed by atoms with Gasteiger partial charge in [-0.15, -0.1) is 0 Å². The quantitative estimate of drug-likeness (QED) is 0.455. The van der Waals surface area contributed by atoms with Gasteiger partial charge in [0.15, 0.2) is 11.5 Å². The van der Waals surface area contributed by atoms with Gasteiger partial charge in [-0.1, -0.05) is 20.8 Å². The molecule has 0 spiro atoms. The molecular formula is C30H42N6O3. The fourth-order valence-electron chi connectivity index (χ4n) is 5.04. The Bertz CT molecular complexity index is 1330. The van der Waals surface area contributed by atoms with Crippen molar-refractivity contribution in [1.82, 2.24) is 24.3 Å². The minimum Gasteiger partial charge on any atom is -0.493 e. The van der Waals surface area contributed by atoms with Crippen molar-refractivity contribution in [3.63, 3.8) is 0 Å². The molecule has 1 aliphatic heterocycles. The average molecular weight is 535 g/mol. The highest BCUT2D eigenvalue weighted by molar-refractivity contribution is 5.81. The second-order valence-electron chi connectivity index (χ2n) is 11.4. The SMILES string of the molecule is COc1cc(Nc2ncc(C)c(-n3cc(C)c(CN4CCCN(C(=O)C(C)(C)C)CC4)c3)n2)cc(C)c1OC. The standard InChI is InChI=1S/C30H42N6O3/c1-20-14-24(15-25(38-7)26(20)39-8)32-29-31-16-21(2)27(33-29)36-17-22(3)23(19-36)18-34-10-9-11-35(13-12-34)28(37)30(4,5)6/h14-17,19H,9-13,18H2,1-8H3,(H,31,32,33). The van der Waals surface area contributed by atoms with Gasteiger partial charge in [0.05, 0.1) is 14.2 Å². The van der Waals surface area contributed by atoms with Gasteiger partial charge in [-0.05, 0) is 49.9 Å². The average Bonchev–Trinajstić information content (AvgIpc) is 3.08. The minimum atomic E-state index is -0.343. The molecule has 1 aromatic carbocycles. The molecule has 2 aromatic heterocycles. The number of methoxy groups -OCH3 is 2. The van der Waals surface area contributed by atoms with E-state index in [1.54, 1.807) is 14.2 Å². The molecule has 0 bridgehead atoms.